The maximum absolute atomic E-state index is 13.7. The van der Waals surface area contributed by atoms with Crippen molar-refractivity contribution in [1.29, 1.82) is 0 Å². The van der Waals surface area contributed by atoms with Crippen molar-refractivity contribution < 1.29 is 32.3 Å². The summed E-state index contributed by atoms with van der Waals surface area (Å²) in [5.41, 5.74) is -0.618. The number of nitrogens with zero attached hydrogens (tertiary/aromatic N) is 1. The Morgan fingerprint density at radius 1 is 1.19 bits per heavy atom. The van der Waals surface area contributed by atoms with Gasteiger partial charge < -0.3 is 5.11 Å². The van der Waals surface area contributed by atoms with E-state index < -0.39 is 54.0 Å². The van der Waals surface area contributed by atoms with Crippen LogP contribution in [0.3, 0.4) is 0 Å². The monoisotopic (exact) mass is 325 g/mol. The van der Waals surface area contributed by atoms with E-state index in [9.17, 15) is 32.3 Å². The van der Waals surface area contributed by atoms with Gasteiger partial charge in [-0.05, 0) is 6.07 Å². The number of phenols is 1. The molecule has 114 valence electrons. The van der Waals surface area contributed by atoms with Crippen LogP contribution < -0.4 is 4.90 Å². The molecule has 0 bridgehead atoms. The van der Waals surface area contributed by atoms with Gasteiger partial charge >= 0.3 is 6.18 Å². The van der Waals surface area contributed by atoms with Gasteiger partial charge in [0.05, 0.1) is 16.6 Å². The van der Waals surface area contributed by atoms with E-state index in [0.717, 1.165) is 6.07 Å². The molecule has 1 fully saturated rings. The van der Waals surface area contributed by atoms with Gasteiger partial charge in [-0.3, -0.25) is 9.59 Å². The molecule has 0 radical (unpaired) electrons. The Hall–Kier alpha value is -1.83. The molecule has 4 nitrogen and oxygen atoms in total. The van der Waals surface area contributed by atoms with Gasteiger partial charge in [-0.1, -0.05) is 11.6 Å². The molecular weight excluding hydrogens is 318 g/mol. The zero-order valence-electron chi connectivity index (χ0n) is 10.2. The van der Waals surface area contributed by atoms with E-state index in [-0.39, 0.29) is 5.02 Å². The van der Waals surface area contributed by atoms with Crippen LogP contribution in [-0.4, -0.2) is 23.1 Å². The average Bonchev–Trinajstić information content (AvgIpc) is 2.33. The summed E-state index contributed by atoms with van der Waals surface area (Å²) in [5, 5.41) is 9.04. The first-order valence-corrected chi connectivity index (χ1v) is 6.09. The molecule has 2 amide bonds. The van der Waals surface area contributed by atoms with Crippen LogP contribution in [-0.2, 0) is 9.59 Å². The molecule has 1 aromatic carbocycles. The number of rotatable bonds is 1. The summed E-state index contributed by atoms with van der Waals surface area (Å²) in [6.07, 6.45) is -6.60. The molecule has 1 aliphatic heterocycles. The average molecular weight is 326 g/mol. The van der Waals surface area contributed by atoms with E-state index in [0.29, 0.717) is 11.0 Å². The summed E-state index contributed by atoms with van der Waals surface area (Å²) in [4.78, 5) is 23.8. The van der Waals surface area contributed by atoms with Crippen molar-refractivity contribution in [2.75, 3.05) is 4.90 Å². The van der Waals surface area contributed by atoms with Gasteiger partial charge in [0.15, 0.2) is 0 Å². The third-order valence-electron chi connectivity index (χ3n) is 3.06. The number of anilines is 1. The maximum atomic E-state index is 13.7. The normalized spacial score (nSPS) is 17.5. The fourth-order valence-corrected chi connectivity index (χ4v) is 2.16. The molecule has 1 aliphatic rings. The lowest BCUT2D eigenvalue weighted by atomic mass is 9.94. The number of carbonyl (C=O) groups is 2. The number of halogens is 5. The van der Waals surface area contributed by atoms with Gasteiger partial charge in [-0.25, -0.2) is 9.29 Å². The highest BCUT2D eigenvalue weighted by atomic mass is 35.5. The Bertz CT molecular complexity index is 599. The first kappa shape index (κ1) is 15.6. The highest BCUT2D eigenvalue weighted by Crippen LogP contribution is 2.38. The molecule has 9 heteroatoms. The minimum absolute atomic E-state index is 0.299. The van der Waals surface area contributed by atoms with Gasteiger partial charge in [0.2, 0.25) is 11.8 Å². The molecule has 0 atom stereocenters. The molecule has 1 heterocycles. The lowest BCUT2D eigenvalue weighted by Gasteiger charge is -2.31. The van der Waals surface area contributed by atoms with Gasteiger partial charge in [-0.2, -0.15) is 13.2 Å². The van der Waals surface area contributed by atoms with E-state index in [1.807, 2.05) is 0 Å². The number of hydrogen-bond acceptors (Lipinski definition) is 3. The topological polar surface area (TPSA) is 57.6 Å². The molecule has 0 aromatic heterocycles. The van der Waals surface area contributed by atoms with Crippen LogP contribution >= 0.6 is 11.6 Å². The molecule has 1 N–H and O–H groups in total. The zero-order valence-corrected chi connectivity index (χ0v) is 11.0. The number of carbonyl (C=O) groups excluding carboxylic acids is 2. The van der Waals surface area contributed by atoms with E-state index in [1.165, 1.54) is 0 Å². The standard InChI is InChI=1S/C12H8ClF4NO3/c13-6-3-7(14)8(4-9(6)19)18-10(20)1-5(2-11(18)21)12(15,16)17/h3-5,19H,1-2H2. The molecular formula is C12H8ClF4NO3. The zero-order chi connectivity index (χ0) is 15.9. The predicted molar refractivity (Wildman–Crippen MR) is 64.3 cm³/mol. The number of aromatic hydroxyl groups is 1. The van der Waals surface area contributed by atoms with Crippen LogP contribution in [0.5, 0.6) is 5.75 Å². The quantitative estimate of drug-likeness (QED) is 0.638. The number of piperidine rings is 1. The predicted octanol–water partition coefficient (Wildman–Crippen LogP) is 3.02. The Morgan fingerprint density at radius 3 is 2.19 bits per heavy atom. The summed E-state index contributed by atoms with van der Waals surface area (Å²) in [7, 11) is 0. The number of alkyl halides is 3. The largest absolute Gasteiger partial charge is 0.506 e. The summed E-state index contributed by atoms with van der Waals surface area (Å²) in [6, 6.07) is 1.39. The smallest absolute Gasteiger partial charge is 0.392 e. The van der Waals surface area contributed by atoms with E-state index >= 15 is 0 Å². The Kier molecular flexibility index (Phi) is 3.83. The Morgan fingerprint density at radius 2 is 1.71 bits per heavy atom. The van der Waals surface area contributed by atoms with Crippen LogP contribution in [0.15, 0.2) is 12.1 Å². The highest BCUT2D eigenvalue weighted by molar-refractivity contribution is 6.32. The van der Waals surface area contributed by atoms with Gasteiger partial charge in [-0.15, -0.1) is 0 Å². The van der Waals surface area contributed by atoms with Crippen molar-refractivity contribution in [2.24, 2.45) is 5.92 Å². The lowest BCUT2D eigenvalue weighted by molar-refractivity contribution is -0.185. The Labute approximate surface area is 120 Å². The van der Waals surface area contributed by atoms with Gasteiger partial charge in [0.25, 0.3) is 0 Å². The first-order valence-electron chi connectivity index (χ1n) is 5.71. The van der Waals surface area contributed by atoms with Crippen molar-refractivity contribution in [1.82, 2.24) is 0 Å². The minimum atomic E-state index is -4.68. The van der Waals surface area contributed by atoms with Gasteiger partial charge in [0, 0.05) is 18.9 Å². The molecule has 0 spiro atoms. The van der Waals surface area contributed by atoms with Crippen LogP contribution in [0.4, 0.5) is 23.2 Å². The fraction of sp³-hybridized carbons (Fsp3) is 0.333. The summed E-state index contributed by atoms with van der Waals surface area (Å²) in [5.74, 6) is -6.14. The Balaban J connectivity index is 2.37. The minimum Gasteiger partial charge on any atom is -0.506 e. The molecule has 1 saturated heterocycles. The van der Waals surface area contributed by atoms with E-state index in [4.69, 9.17) is 11.6 Å². The van der Waals surface area contributed by atoms with E-state index in [2.05, 4.69) is 0 Å². The van der Waals surface area contributed by atoms with Crippen LogP contribution in [0.25, 0.3) is 0 Å². The summed E-state index contributed by atoms with van der Waals surface area (Å²) < 4.78 is 51.4. The molecule has 1 aromatic rings. The second kappa shape index (κ2) is 5.18. The van der Waals surface area contributed by atoms with Crippen molar-refractivity contribution in [3.05, 3.63) is 23.0 Å². The number of imide groups is 1. The fourth-order valence-electron chi connectivity index (χ4n) is 2.01. The second-order valence-corrected chi connectivity index (χ2v) is 4.93. The van der Waals surface area contributed by atoms with Crippen molar-refractivity contribution in [2.45, 2.75) is 19.0 Å². The van der Waals surface area contributed by atoms with Crippen LogP contribution in [0.2, 0.25) is 5.02 Å². The first-order chi connectivity index (χ1) is 9.61. The molecule has 0 unspecified atom stereocenters. The molecule has 0 saturated carbocycles. The lowest BCUT2D eigenvalue weighted by Crippen LogP contribution is -2.47. The highest BCUT2D eigenvalue weighted by Gasteiger charge is 2.47. The number of hydrogen-bond donors (Lipinski definition) is 1. The van der Waals surface area contributed by atoms with Crippen molar-refractivity contribution >= 4 is 29.1 Å². The molecule has 2 rings (SSSR count). The van der Waals surface area contributed by atoms with E-state index in [1.54, 1.807) is 0 Å². The van der Waals surface area contributed by atoms with Crippen LogP contribution in [0.1, 0.15) is 12.8 Å². The molecule has 0 aliphatic carbocycles. The third kappa shape index (κ3) is 2.94. The molecule has 21 heavy (non-hydrogen) atoms. The van der Waals surface area contributed by atoms with Crippen LogP contribution in [0, 0.1) is 11.7 Å². The second-order valence-electron chi connectivity index (χ2n) is 4.52. The number of phenolic OH excluding ortho intramolecular Hbond substituents is 1. The summed E-state index contributed by atoms with van der Waals surface area (Å²) in [6.45, 7) is 0. The maximum Gasteiger partial charge on any atom is 0.392 e. The summed E-state index contributed by atoms with van der Waals surface area (Å²) >= 11 is 5.45. The number of amides is 2. The SMILES string of the molecule is O=C1CC(C(F)(F)F)CC(=O)N1c1cc(O)c(Cl)cc1F. The van der Waals surface area contributed by atoms with Gasteiger partial charge in [0.1, 0.15) is 11.6 Å². The van der Waals surface area contributed by atoms with Crippen molar-refractivity contribution in [3.63, 3.8) is 0 Å². The third-order valence-corrected chi connectivity index (χ3v) is 3.36. The van der Waals surface area contributed by atoms with Crippen molar-refractivity contribution in [3.8, 4) is 5.75 Å². The number of benzene rings is 1.